The van der Waals surface area contributed by atoms with Crippen molar-refractivity contribution in [2.45, 2.75) is 5.92 Å². The summed E-state index contributed by atoms with van der Waals surface area (Å²) < 4.78 is 5.91. The van der Waals surface area contributed by atoms with Gasteiger partial charge in [-0.2, -0.15) is 0 Å². The number of anilines is 1. The summed E-state index contributed by atoms with van der Waals surface area (Å²) in [6.07, 6.45) is 0.993. The Labute approximate surface area is 112 Å². The van der Waals surface area contributed by atoms with Gasteiger partial charge in [-0.25, -0.2) is 0 Å². The Morgan fingerprint density at radius 1 is 1.05 bits per heavy atom. The summed E-state index contributed by atoms with van der Waals surface area (Å²) in [6.45, 7) is 0. The molecule has 19 heavy (non-hydrogen) atoms. The first kappa shape index (κ1) is 11.8. The normalized spacial score (nSPS) is 16.0. The topological polar surface area (TPSA) is 29.5 Å². The maximum absolute atomic E-state index is 11.6. The average Bonchev–Trinajstić information content (AvgIpc) is 2.43. The third kappa shape index (κ3) is 1.78. The lowest BCUT2D eigenvalue weighted by atomic mass is 9.88. The molecule has 0 saturated carbocycles. The van der Waals surface area contributed by atoms with E-state index in [-0.39, 0.29) is 5.92 Å². The summed E-state index contributed by atoms with van der Waals surface area (Å²) in [7, 11) is 3.94. The first-order valence-electron chi connectivity index (χ1n) is 6.24. The van der Waals surface area contributed by atoms with Gasteiger partial charge in [-0.1, -0.05) is 24.3 Å². The lowest BCUT2D eigenvalue weighted by molar-refractivity contribution is -0.108. The molecule has 1 aliphatic rings. The van der Waals surface area contributed by atoms with Crippen molar-refractivity contribution in [1.82, 2.24) is 0 Å². The summed E-state index contributed by atoms with van der Waals surface area (Å²) in [5.41, 5.74) is 2.89. The first-order valence-corrected chi connectivity index (χ1v) is 6.24. The minimum atomic E-state index is -0.265. The van der Waals surface area contributed by atoms with Crippen LogP contribution in [0.2, 0.25) is 0 Å². The van der Waals surface area contributed by atoms with Crippen LogP contribution in [0.5, 0.6) is 11.5 Å². The predicted molar refractivity (Wildman–Crippen MR) is 75.2 cm³/mol. The van der Waals surface area contributed by atoms with Crippen LogP contribution in [-0.2, 0) is 4.79 Å². The molecule has 96 valence electrons. The molecular weight excluding hydrogens is 238 g/mol. The number of ether oxygens (including phenoxy) is 1. The van der Waals surface area contributed by atoms with Crippen LogP contribution < -0.4 is 9.64 Å². The minimum absolute atomic E-state index is 0.265. The molecule has 1 unspecified atom stereocenters. The second-order valence-corrected chi connectivity index (χ2v) is 4.84. The van der Waals surface area contributed by atoms with Gasteiger partial charge in [-0.3, -0.25) is 0 Å². The Hall–Kier alpha value is -2.29. The molecule has 3 rings (SSSR count). The molecule has 0 aliphatic carbocycles. The highest BCUT2D eigenvalue weighted by Crippen LogP contribution is 2.46. The second kappa shape index (κ2) is 4.43. The molecule has 1 aliphatic heterocycles. The highest BCUT2D eigenvalue weighted by Gasteiger charge is 2.29. The molecule has 0 aromatic heterocycles. The summed E-state index contributed by atoms with van der Waals surface area (Å²) in [4.78, 5) is 13.6. The smallest absolute Gasteiger partial charge is 0.133 e. The SMILES string of the molecule is CN(C)c1cccc2c1C(C=O)c1ccccc1O2. The van der Waals surface area contributed by atoms with Crippen molar-refractivity contribution in [2.24, 2.45) is 0 Å². The van der Waals surface area contributed by atoms with Crippen LogP contribution in [0.15, 0.2) is 42.5 Å². The highest BCUT2D eigenvalue weighted by atomic mass is 16.5. The monoisotopic (exact) mass is 253 g/mol. The molecule has 0 amide bonds. The van der Waals surface area contributed by atoms with Crippen molar-refractivity contribution in [3.05, 3.63) is 53.6 Å². The summed E-state index contributed by atoms with van der Waals surface area (Å²) in [6, 6.07) is 13.6. The van der Waals surface area contributed by atoms with E-state index in [1.807, 2.05) is 61.5 Å². The molecule has 3 heteroatoms. The van der Waals surface area contributed by atoms with E-state index in [0.29, 0.717) is 0 Å². The summed E-state index contributed by atoms with van der Waals surface area (Å²) in [5.74, 6) is 1.27. The van der Waals surface area contributed by atoms with Crippen molar-refractivity contribution in [3.8, 4) is 11.5 Å². The van der Waals surface area contributed by atoms with Gasteiger partial charge >= 0.3 is 0 Å². The van der Waals surface area contributed by atoms with Gasteiger partial charge in [0.15, 0.2) is 0 Å². The molecule has 0 radical (unpaired) electrons. The van der Waals surface area contributed by atoms with Crippen molar-refractivity contribution >= 4 is 12.0 Å². The number of carbonyl (C=O) groups is 1. The largest absolute Gasteiger partial charge is 0.457 e. The number of hydrogen-bond acceptors (Lipinski definition) is 3. The fourth-order valence-electron chi connectivity index (χ4n) is 2.57. The number of carbonyl (C=O) groups excluding carboxylic acids is 1. The highest BCUT2D eigenvalue weighted by molar-refractivity contribution is 5.79. The van der Waals surface area contributed by atoms with E-state index in [0.717, 1.165) is 34.6 Å². The standard InChI is InChI=1S/C16H15NO2/c1-17(2)13-7-5-9-15-16(13)12(10-18)11-6-3-4-8-14(11)19-15/h3-10,12H,1-2H3. The average molecular weight is 253 g/mol. The van der Waals surface area contributed by atoms with Gasteiger partial charge in [0.05, 0.1) is 5.92 Å². The molecule has 2 aromatic rings. The van der Waals surface area contributed by atoms with E-state index < -0.39 is 0 Å². The summed E-state index contributed by atoms with van der Waals surface area (Å²) in [5, 5.41) is 0. The Balaban J connectivity index is 2.24. The van der Waals surface area contributed by atoms with Crippen LogP contribution >= 0.6 is 0 Å². The van der Waals surface area contributed by atoms with E-state index in [9.17, 15) is 4.79 Å². The van der Waals surface area contributed by atoms with Gasteiger partial charge in [0.25, 0.3) is 0 Å². The Morgan fingerprint density at radius 3 is 2.53 bits per heavy atom. The lowest BCUT2D eigenvalue weighted by Gasteiger charge is -2.29. The lowest BCUT2D eigenvalue weighted by Crippen LogP contribution is -2.18. The van der Waals surface area contributed by atoms with Crippen molar-refractivity contribution in [2.75, 3.05) is 19.0 Å². The van der Waals surface area contributed by atoms with Crippen molar-refractivity contribution in [3.63, 3.8) is 0 Å². The number of rotatable bonds is 2. The van der Waals surface area contributed by atoms with Crippen molar-refractivity contribution < 1.29 is 9.53 Å². The molecule has 2 aromatic carbocycles. The fraction of sp³-hybridized carbons (Fsp3) is 0.188. The van der Waals surface area contributed by atoms with Gasteiger partial charge < -0.3 is 14.4 Å². The van der Waals surface area contributed by atoms with Gasteiger partial charge in [-0.05, 0) is 18.2 Å². The summed E-state index contributed by atoms with van der Waals surface area (Å²) >= 11 is 0. The van der Waals surface area contributed by atoms with Gasteiger partial charge in [-0.15, -0.1) is 0 Å². The van der Waals surface area contributed by atoms with E-state index in [4.69, 9.17) is 4.74 Å². The molecule has 0 bridgehead atoms. The maximum Gasteiger partial charge on any atom is 0.133 e. The van der Waals surface area contributed by atoms with E-state index >= 15 is 0 Å². The Bertz CT molecular complexity index is 634. The molecular formula is C16H15NO2. The molecule has 3 nitrogen and oxygen atoms in total. The van der Waals surface area contributed by atoms with Crippen molar-refractivity contribution in [1.29, 1.82) is 0 Å². The molecule has 0 N–H and O–H groups in total. The van der Waals surface area contributed by atoms with E-state index in [1.54, 1.807) is 0 Å². The number of hydrogen-bond donors (Lipinski definition) is 0. The third-order valence-electron chi connectivity index (χ3n) is 3.45. The molecule has 0 spiro atoms. The van der Waals surface area contributed by atoms with E-state index in [2.05, 4.69) is 0 Å². The molecule has 1 atom stereocenters. The Kier molecular flexibility index (Phi) is 2.75. The first-order chi connectivity index (χ1) is 9.22. The second-order valence-electron chi connectivity index (χ2n) is 4.84. The minimum Gasteiger partial charge on any atom is -0.457 e. The number of benzene rings is 2. The van der Waals surface area contributed by atoms with Gasteiger partial charge in [0.1, 0.15) is 17.8 Å². The Morgan fingerprint density at radius 2 is 1.79 bits per heavy atom. The van der Waals surface area contributed by atoms with Gasteiger partial charge in [0, 0.05) is 30.9 Å². The number of aldehydes is 1. The molecule has 0 fully saturated rings. The number of nitrogens with zero attached hydrogens (tertiary/aromatic N) is 1. The van der Waals surface area contributed by atoms with Crippen LogP contribution in [0, 0.1) is 0 Å². The van der Waals surface area contributed by atoms with Crippen LogP contribution in [0.4, 0.5) is 5.69 Å². The maximum atomic E-state index is 11.6. The quantitative estimate of drug-likeness (QED) is 0.770. The number of para-hydroxylation sites is 1. The number of fused-ring (bicyclic) bond motifs is 2. The zero-order valence-corrected chi connectivity index (χ0v) is 11.0. The molecule has 1 heterocycles. The van der Waals surface area contributed by atoms with Crippen LogP contribution in [0.3, 0.4) is 0 Å². The molecule has 0 saturated heterocycles. The zero-order chi connectivity index (χ0) is 13.4. The van der Waals surface area contributed by atoms with Crippen LogP contribution in [0.25, 0.3) is 0 Å². The zero-order valence-electron chi connectivity index (χ0n) is 11.0. The van der Waals surface area contributed by atoms with Gasteiger partial charge in [0.2, 0.25) is 0 Å². The van der Waals surface area contributed by atoms with E-state index in [1.165, 1.54) is 0 Å². The fourth-order valence-corrected chi connectivity index (χ4v) is 2.57. The van der Waals surface area contributed by atoms with Crippen LogP contribution in [-0.4, -0.2) is 20.4 Å². The third-order valence-corrected chi connectivity index (χ3v) is 3.45. The predicted octanol–water partition coefficient (Wildman–Crippen LogP) is 3.19. The van der Waals surface area contributed by atoms with Crippen LogP contribution in [0.1, 0.15) is 17.0 Å².